The Labute approximate surface area is 169 Å². The van der Waals surface area contributed by atoms with E-state index >= 15 is 0 Å². The number of anilines is 1. The summed E-state index contributed by atoms with van der Waals surface area (Å²) in [5.41, 5.74) is 1.36. The molecule has 1 aromatic heterocycles. The molecule has 0 bridgehead atoms. The number of halogens is 1. The van der Waals surface area contributed by atoms with E-state index in [4.69, 9.17) is 16.3 Å². The van der Waals surface area contributed by atoms with Gasteiger partial charge in [-0.2, -0.15) is 5.10 Å². The molecule has 0 spiro atoms. The molecule has 0 aliphatic heterocycles. The number of hydrogen-bond donors (Lipinski definition) is 1. The van der Waals surface area contributed by atoms with Gasteiger partial charge in [0.2, 0.25) is 5.91 Å². The molecule has 8 heteroatoms. The Morgan fingerprint density at radius 1 is 1.36 bits per heavy atom. The van der Waals surface area contributed by atoms with E-state index < -0.39 is 5.97 Å². The normalized spacial score (nSPS) is 14.8. The summed E-state index contributed by atoms with van der Waals surface area (Å²) in [4.78, 5) is 27.0. The van der Waals surface area contributed by atoms with E-state index in [2.05, 4.69) is 22.2 Å². The fourth-order valence-corrected chi connectivity index (χ4v) is 3.33. The lowest BCUT2D eigenvalue weighted by Gasteiger charge is -2.29. The Morgan fingerprint density at radius 2 is 2.04 bits per heavy atom. The van der Waals surface area contributed by atoms with E-state index in [1.807, 2.05) is 24.3 Å². The summed E-state index contributed by atoms with van der Waals surface area (Å²) in [6, 6.07) is 8.15. The first-order chi connectivity index (χ1) is 13.4. The maximum absolute atomic E-state index is 12.8. The summed E-state index contributed by atoms with van der Waals surface area (Å²) in [5, 5.41) is 7.58. The maximum atomic E-state index is 12.8. The van der Waals surface area contributed by atoms with Crippen molar-refractivity contribution in [3.05, 3.63) is 46.6 Å². The first kappa shape index (κ1) is 20.4. The van der Waals surface area contributed by atoms with Crippen molar-refractivity contribution in [3.63, 3.8) is 0 Å². The Balaban J connectivity index is 1.71. The van der Waals surface area contributed by atoms with Crippen molar-refractivity contribution in [3.8, 4) is 0 Å². The highest BCUT2D eigenvalue weighted by molar-refractivity contribution is 6.30. The lowest BCUT2D eigenvalue weighted by molar-refractivity contribution is -0.118. The fraction of sp³-hybridized carbons (Fsp3) is 0.450. The van der Waals surface area contributed by atoms with E-state index in [-0.39, 0.29) is 30.7 Å². The van der Waals surface area contributed by atoms with E-state index in [1.165, 1.54) is 10.9 Å². The third-order valence-electron chi connectivity index (χ3n) is 4.88. The number of aromatic nitrogens is 2. The SMILES string of the molecule is CCOC(=O)c1cnn(C)c1NC(=O)CN(C1CC1)C(C)c1ccc(Cl)cc1. The molecule has 0 radical (unpaired) electrons. The molecule has 1 heterocycles. The topological polar surface area (TPSA) is 76.5 Å². The number of amides is 1. The number of carbonyl (C=O) groups excluding carboxylic acids is 2. The van der Waals surface area contributed by atoms with E-state index in [1.54, 1.807) is 14.0 Å². The molecule has 7 nitrogen and oxygen atoms in total. The van der Waals surface area contributed by atoms with E-state index in [0.29, 0.717) is 16.9 Å². The van der Waals surface area contributed by atoms with Gasteiger partial charge in [0.1, 0.15) is 11.4 Å². The Kier molecular flexibility index (Phi) is 6.36. The molecule has 150 valence electrons. The van der Waals surface area contributed by atoms with Crippen LogP contribution in [0.25, 0.3) is 0 Å². The number of nitrogens with zero attached hydrogens (tertiary/aromatic N) is 3. The molecule has 2 aromatic rings. The monoisotopic (exact) mass is 404 g/mol. The number of benzene rings is 1. The van der Waals surface area contributed by atoms with Crippen LogP contribution in [0.2, 0.25) is 5.02 Å². The van der Waals surface area contributed by atoms with Gasteiger partial charge in [-0.15, -0.1) is 0 Å². The predicted molar refractivity (Wildman–Crippen MR) is 107 cm³/mol. The first-order valence-corrected chi connectivity index (χ1v) is 9.78. The zero-order chi connectivity index (χ0) is 20.3. The van der Waals surface area contributed by atoms with Crippen LogP contribution in [0, 0.1) is 0 Å². The molecular formula is C20H25ClN4O3. The van der Waals surface area contributed by atoms with Crippen molar-refractivity contribution < 1.29 is 14.3 Å². The Morgan fingerprint density at radius 3 is 2.64 bits per heavy atom. The molecular weight excluding hydrogens is 380 g/mol. The second-order valence-corrected chi connectivity index (χ2v) is 7.37. The number of hydrogen-bond acceptors (Lipinski definition) is 5. The van der Waals surface area contributed by atoms with E-state index in [9.17, 15) is 9.59 Å². The lowest BCUT2D eigenvalue weighted by Crippen LogP contribution is -2.37. The summed E-state index contributed by atoms with van der Waals surface area (Å²) in [7, 11) is 1.67. The number of nitrogens with one attached hydrogen (secondary N) is 1. The molecule has 1 saturated carbocycles. The molecule has 1 amide bonds. The third kappa shape index (κ3) is 4.72. The van der Waals surface area contributed by atoms with Gasteiger partial charge in [0.05, 0.1) is 19.3 Å². The molecule has 1 aliphatic carbocycles. The number of ether oxygens (including phenoxy) is 1. The quantitative estimate of drug-likeness (QED) is 0.682. The standard InChI is InChI=1S/C20H25ClN4O3/c1-4-28-20(27)17-11-22-24(3)19(17)23-18(26)12-25(16-9-10-16)13(2)14-5-7-15(21)8-6-14/h5-8,11,13,16H,4,9-10,12H2,1-3H3,(H,23,26). The lowest BCUT2D eigenvalue weighted by atomic mass is 10.1. The van der Waals surface area contributed by atoms with Gasteiger partial charge in [0.25, 0.3) is 0 Å². The van der Waals surface area contributed by atoms with Gasteiger partial charge >= 0.3 is 5.97 Å². The van der Waals surface area contributed by atoms with Crippen LogP contribution in [0.1, 0.15) is 48.7 Å². The van der Waals surface area contributed by atoms with Gasteiger partial charge in [-0.1, -0.05) is 23.7 Å². The zero-order valence-corrected chi connectivity index (χ0v) is 17.1. The fourth-order valence-electron chi connectivity index (χ4n) is 3.20. The molecule has 0 saturated heterocycles. The van der Waals surface area contributed by atoms with Crippen LogP contribution in [-0.4, -0.2) is 45.8 Å². The van der Waals surface area contributed by atoms with Crippen molar-refractivity contribution in [1.82, 2.24) is 14.7 Å². The number of aryl methyl sites for hydroxylation is 1. The minimum atomic E-state index is -0.500. The minimum Gasteiger partial charge on any atom is -0.462 e. The summed E-state index contributed by atoms with van der Waals surface area (Å²) >= 11 is 5.99. The van der Waals surface area contributed by atoms with Crippen LogP contribution in [0.5, 0.6) is 0 Å². The van der Waals surface area contributed by atoms with Crippen LogP contribution >= 0.6 is 11.6 Å². The predicted octanol–water partition coefficient (Wildman–Crippen LogP) is 3.41. The third-order valence-corrected chi connectivity index (χ3v) is 5.14. The van der Waals surface area contributed by atoms with Gasteiger partial charge < -0.3 is 10.1 Å². The highest BCUT2D eigenvalue weighted by Gasteiger charge is 2.34. The molecule has 1 fully saturated rings. The average molecular weight is 405 g/mol. The van der Waals surface area contributed by atoms with Crippen molar-refractivity contribution >= 4 is 29.3 Å². The summed E-state index contributed by atoms with van der Waals surface area (Å²) in [6.07, 6.45) is 3.55. The van der Waals surface area contributed by atoms with Crippen LogP contribution < -0.4 is 5.32 Å². The smallest absolute Gasteiger partial charge is 0.343 e. The Bertz CT molecular complexity index is 846. The molecule has 1 aliphatic rings. The maximum Gasteiger partial charge on any atom is 0.343 e. The number of carbonyl (C=O) groups is 2. The summed E-state index contributed by atoms with van der Waals surface area (Å²) in [5.74, 6) is -0.348. The minimum absolute atomic E-state index is 0.0755. The van der Waals surface area contributed by atoms with Crippen LogP contribution in [0.4, 0.5) is 5.82 Å². The second kappa shape index (κ2) is 8.75. The highest BCUT2D eigenvalue weighted by Crippen LogP contribution is 2.34. The summed E-state index contributed by atoms with van der Waals surface area (Å²) < 4.78 is 6.50. The van der Waals surface area contributed by atoms with Gasteiger partial charge in [0.15, 0.2) is 0 Å². The number of rotatable bonds is 8. The van der Waals surface area contributed by atoms with Gasteiger partial charge in [-0.25, -0.2) is 4.79 Å². The largest absolute Gasteiger partial charge is 0.462 e. The molecule has 1 N–H and O–H groups in total. The zero-order valence-electron chi connectivity index (χ0n) is 16.3. The Hall–Kier alpha value is -2.38. The van der Waals surface area contributed by atoms with Crippen molar-refractivity contribution in [2.24, 2.45) is 7.05 Å². The van der Waals surface area contributed by atoms with Crippen molar-refractivity contribution in [2.75, 3.05) is 18.5 Å². The first-order valence-electron chi connectivity index (χ1n) is 9.40. The van der Waals surface area contributed by atoms with Crippen molar-refractivity contribution in [2.45, 2.75) is 38.8 Å². The molecule has 1 unspecified atom stereocenters. The molecule has 3 rings (SSSR count). The van der Waals surface area contributed by atoms with Gasteiger partial charge in [0, 0.05) is 24.2 Å². The molecule has 1 atom stereocenters. The van der Waals surface area contributed by atoms with Crippen LogP contribution in [0.3, 0.4) is 0 Å². The second-order valence-electron chi connectivity index (χ2n) is 6.93. The van der Waals surface area contributed by atoms with Crippen LogP contribution in [-0.2, 0) is 16.6 Å². The van der Waals surface area contributed by atoms with Crippen molar-refractivity contribution in [1.29, 1.82) is 0 Å². The average Bonchev–Trinajstić information content (AvgIpc) is 3.44. The van der Waals surface area contributed by atoms with Gasteiger partial charge in [-0.3, -0.25) is 14.4 Å². The van der Waals surface area contributed by atoms with E-state index in [0.717, 1.165) is 18.4 Å². The highest BCUT2D eigenvalue weighted by atomic mass is 35.5. The van der Waals surface area contributed by atoms with Crippen LogP contribution in [0.15, 0.2) is 30.5 Å². The summed E-state index contributed by atoms with van der Waals surface area (Å²) in [6.45, 7) is 4.30. The molecule has 1 aromatic carbocycles. The number of esters is 1. The van der Waals surface area contributed by atoms with Gasteiger partial charge in [-0.05, 0) is 44.4 Å². The molecule has 28 heavy (non-hydrogen) atoms.